The van der Waals surface area contributed by atoms with Crippen molar-refractivity contribution in [3.63, 3.8) is 0 Å². The molecule has 0 rings (SSSR count). The maximum Gasteiger partial charge on any atom is 0.234 e. The third-order valence-electron chi connectivity index (χ3n) is 0.684. The number of amides is 1. The van der Waals surface area contributed by atoms with Crippen molar-refractivity contribution in [3.05, 3.63) is 10.4 Å². The maximum absolute atomic E-state index is 10.5. The summed E-state index contributed by atoms with van der Waals surface area (Å²) in [5.41, 5.74) is 5.03. The van der Waals surface area contributed by atoms with Gasteiger partial charge in [0.2, 0.25) is 5.91 Å². The lowest BCUT2D eigenvalue weighted by molar-refractivity contribution is -0.119. The molecule has 0 unspecified atom stereocenters. The second-order valence-corrected chi connectivity index (χ2v) is 4.00. The van der Waals surface area contributed by atoms with Crippen molar-refractivity contribution in [2.75, 3.05) is 12.4 Å². The van der Waals surface area contributed by atoms with E-state index in [1.165, 1.54) is 11.8 Å². The first kappa shape index (κ1) is 10.0. The van der Waals surface area contributed by atoms with Gasteiger partial charge in [0.1, 0.15) is 0 Å². The number of carbonyl (C=O) groups is 1. The van der Waals surface area contributed by atoms with Crippen LogP contribution in [0.25, 0.3) is 0 Å². The van der Waals surface area contributed by atoms with Crippen LogP contribution in [0.1, 0.15) is 0 Å². The summed E-state index contributed by atoms with van der Waals surface area (Å²) in [7, 11) is 0. The van der Waals surface area contributed by atoms with Crippen molar-refractivity contribution in [1.29, 1.82) is 0 Å². The van der Waals surface area contributed by atoms with Crippen LogP contribution in [-0.4, -0.2) is 18.3 Å². The molecule has 0 fully saturated rings. The molecule has 0 aliphatic rings. The van der Waals surface area contributed by atoms with E-state index in [0.29, 0.717) is 5.88 Å². The van der Waals surface area contributed by atoms with Crippen molar-refractivity contribution in [2.24, 2.45) is 5.73 Å². The summed E-state index contributed by atoms with van der Waals surface area (Å²) < 4.78 is 0.796. The van der Waals surface area contributed by atoms with E-state index in [9.17, 15) is 4.79 Å². The Bertz CT molecular complexity index is 140. The van der Waals surface area contributed by atoms with Crippen molar-refractivity contribution in [1.82, 2.24) is 5.32 Å². The highest BCUT2D eigenvalue weighted by Crippen LogP contribution is 2.17. The first-order valence-electron chi connectivity index (χ1n) is 2.60. The van der Waals surface area contributed by atoms with Gasteiger partial charge < -0.3 is 11.1 Å². The average Bonchev–Trinajstić information content (AvgIpc) is 1.87. The molecule has 0 aliphatic heterocycles. The van der Waals surface area contributed by atoms with Crippen LogP contribution in [0.4, 0.5) is 0 Å². The molecule has 0 atom stereocenters. The largest absolute Gasteiger partial charge is 0.346 e. The molecule has 0 aliphatic carbocycles. The summed E-state index contributed by atoms with van der Waals surface area (Å²) >= 11 is 4.54. The number of thioether (sulfide) groups is 1. The smallest absolute Gasteiger partial charge is 0.234 e. The minimum absolute atomic E-state index is 0.0370. The Kier molecular flexibility index (Phi) is 5.76. The van der Waals surface area contributed by atoms with Crippen LogP contribution in [0.2, 0.25) is 0 Å². The fourth-order valence-electron chi connectivity index (χ4n) is 0.267. The molecular weight excluding hydrogens is 216 g/mol. The summed E-state index contributed by atoms with van der Waals surface area (Å²) in [5.74, 6) is 0.362. The van der Waals surface area contributed by atoms with E-state index in [0.717, 1.165) is 3.81 Å². The lowest BCUT2D eigenvalue weighted by Gasteiger charge is -2.00. The lowest BCUT2D eigenvalue weighted by Crippen LogP contribution is -2.29. The topological polar surface area (TPSA) is 55.1 Å². The summed E-state index contributed by atoms with van der Waals surface area (Å²) in [6.07, 6.45) is 0. The monoisotopic (exact) mass is 224 g/mol. The molecule has 0 radical (unpaired) electrons. The number of carbonyl (C=O) groups excluding carboxylic acids is 1. The second kappa shape index (κ2) is 5.76. The van der Waals surface area contributed by atoms with Crippen LogP contribution in [0.15, 0.2) is 10.4 Å². The first-order chi connectivity index (χ1) is 4.66. The van der Waals surface area contributed by atoms with Gasteiger partial charge in [-0.25, -0.2) is 0 Å². The van der Waals surface area contributed by atoms with Crippen molar-refractivity contribution in [2.45, 2.75) is 0 Å². The van der Waals surface area contributed by atoms with E-state index in [4.69, 9.17) is 5.73 Å². The summed E-state index contributed by atoms with van der Waals surface area (Å²) in [5, 5.41) is 2.57. The standard InChI is InChI=1S/C5H9BrN2OS/c1-4(6)10-3-8-5(9)2-7/h1-3,7H2,(H,8,9). The van der Waals surface area contributed by atoms with Gasteiger partial charge in [-0.3, -0.25) is 4.79 Å². The Balaban J connectivity index is 3.20. The SMILES string of the molecule is C=C(Br)SCNC(=O)CN. The molecule has 0 bridgehead atoms. The zero-order chi connectivity index (χ0) is 7.98. The lowest BCUT2D eigenvalue weighted by atomic mass is 10.6. The number of nitrogens with two attached hydrogens (primary N) is 1. The fraction of sp³-hybridized carbons (Fsp3) is 0.400. The Labute approximate surface area is 72.6 Å². The molecular formula is C5H9BrN2OS. The molecule has 0 aromatic rings. The Hall–Kier alpha value is -0.0000000000000000763. The van der Waals surface area contributed by atoms with Crippen LogP contribution >= 0.6 is 27.7 Å². The van der Waals surface area contributed by atoms with E-state index in [-0.39, 0.29) is 12.5 Å². The number of hydrogen-bond acceptors (Lipinski definition) is 3. The molecule has 1 amide bonds. The van der Waals surface area contributed by atoms with Crippen LogP contribution < -0.4 is 11.1 Å². The minimum Gasteiger partial charge on any atom is -0.346 e. The van der Waals surface area contributed by atoms with Gasteiger partial charge in [0.25, 0.3) is 0 Å². The Morgan fingerprint density at radius 2 is 2.40 bits per heavy atom. The quantitative estimate of drug-likeness (QED) is 0.689. The molecule has 3 nitrogen and oxygen atoms in total. The predicted octanol–water partition coefficient (Wildman–Crippen LogP) is 0.618. The van der Waals surface area contributed by atoms with Crippen LogP contribution in [0.3, 0.4) is 0 Å². The van der Waals surface area contributed by atoms with Gasteiger partial charge in [0, 0.05) is 3.81 Å². The number of rotatable bonds is 4. The van der Waals surface area contributed by atoms with Gasteiger partial charge in [-0.2, -0.15) is 0 Å². The zero-order valence-corrected chi connectivity index (χ0v) is 7.80. The van der Waals surface area contributed by atoms with Crippen molar-refractivity contribution < 1.29 is 4.79 Å². The number of hydrogen-bond donors (Lipinski definition) is 2. The van der Waals surface area contributed by atoms with E-state index in [2.05, 4.69) is 27.8 Å². The van der Waals surface area contributed by atoms with E-state index >= 15 is 0 Å². The first-order valence-corrected chi connectivity index (χ1v) is 4.38. The molecule has 5 heteroatoms. The van der Waals surface area contributed by atoms with Crippen molar-refractivity contribution in [3.8, 4) is 0 Å². The van der Waals surface area contributed by atoms with E-state index in [1.54, 1.807) is 0 Å². The van der Waals surface area contributed by atoms with E-state index < -0.39 is 0 Å². The Morgan fingerprint density at radius 3 is 2.80 bits per heavy atom. The highest BCUT2D eigenvalue weighted by atomic mass is 79.9. The minimum atomic E-state index is -0.152. The fourth-order valence-corrected chi connectivity index (χ4v) is 1.00. The van der Waals surface area contributed by atoms with Gasteiger partial charge in [-0.1, -0.05) is 18.3 Å². The molecule has 0 saturated carbocycles. The molecule has 0 aromatic carbocycles. The summed E-state index contributed by atoms with van der Waals surface area (Å²) in [6, 6.07) is 0. The third kappa shape index (κ3) is 6.12. The zero-order valence-electron chi connectivity index (χ0n) is 5.39. The van der Waals surface area contributed by atoms with Gasteiger partial charge in [0.05, 0.1) is 12.4 Å². The molecule has 0 saturated heterocycles. The molecule has 3 N–H and O–H groups in total. The van der Waals surface area contributed by atoms with Gasteiger partial charge in [-0.05, 0) is 15.9 Å². The summed E-state index contributed by atoms with van der Waals surface area (Å²) in [4.78, 5) is 10.5. The highest BCUT2D eigenvalue weighted by Gasteiger charge is 1.94. The molecule has 58 valence electrons. The molecule has 10 heavy (non-hydrogen) atoms. The highest BCUT2D eigenvalue weighted by molar-refractivity contribution is 9.14. The number of halogens is 1. The van der Waals surface area contributed by atoms with Gasteiger partial charge in [0.15, 0.2) is 0 Å². The van der Waals surface area contributed by atoms with Crippen LogP contribution in [0.5, 0.6) is 0 Å². The second-order valence-electron chi connectivity index (χ2n) is 1.45. The van der Waals surface area contributed by atoms with Crippen LogP contribution in [0, 0.1) is 0 Å². The predicted molar refractivity (Wildman–Crippen MR) is 47.7 cm³/mol. The molecule has 0 aromatic heterocycles. The number of nitrogens with one attached hydrogen (secondary N) is 1. The van der Waals surface area contributed by atoms with Crippen LogP contribution in [-0.2, 0) is 4.79 Å². The Morgan fingerprint density at radius 1 is 1.80 bits per heavy atom. The normalized spacial score (nSPS) is 9.00. The van der Waals surface area contributed by atoms with Crippen molar-refractivity contribution >= 4 is 33.6 Å². The van der Waals surface area contributed by atoms with Gasteiger partial charge >= 0.3 is 0 Å². The van der Waals surface area contributed by atoms with Gasteiger partial charge in [-0.15, -0.1) is 0 Å². The average molecular weight is 225 g/mol. The summed E-state index contributed by atoms with van der Waals surface area (Å²) in [6.45, 7) is 3.61. The molecule has 0 heterocycles. The molecule has 0 spiro atoms. The third-order valence-corrected chi connectivity index (χ3v) is 1.97. The van der Waals surface area contributed by atoms with E-state index in [1.807, 2.05) is 0 Å². The maximum atomic E-state index is 10.5.